The number of aromatic nitrogens is 2. The standard InChI is InChI=1S/C14H16BrN3O4/c1-17(3-4-22-2)7-9-5-10(15)8-18-12(9)16-6-11(13(18)19)14(20)21/h5-6,8H,3-4,7H2,1-2H3,(H,20,21). The molecule has 0 atom stereocenters. The van der Waals surface area contributed by atoms with Crippen LogP contribution in [0, 0.1) is 0 Å². The Morgan fingerprint density at radius 1 is 1.55 bits per heavy atom. The quantitative estimate of drug-likeness (QED) is 0.824. The second kappa shape index (κ2) is 6.99. The number of hydrogen-bond donors (Lipinski definition) is 1. The van der Waals surface area contributed by atoms with E-state index in [1.54, 1.807) is 7.11 Å². The average Bonchev–Trinajstić information content (AvgIpc) is 2.45. The highest BCUT2D eigenvalue weighted by atomic mass is 79.9. The number of halogens is 1. The number of carboxylic acids is 1. The van der Waals surface area contributed by atoms with Gasteiger partial charge in [0.1, 0.15) is 11.2 Å². The van der Waals surface area contributed by atoms with Crippen LogP contribution in [0.1, 0.15) is 15.9 Å². The molecule has 7 nitrogen and oxygen atoms in total. The molecule has 1 N–H and O–H groups in total. The second-order valence-electron chi connectivity index (χ2n) is 4.89. The summed E-state index contributed by atoms with van der Waals surface area (Å²) in [5, 5.41) is 9.02. The summed E-state index contributed by atoms with van der Waals surface area (Å²) in [4.78, 5) is 29.4. The fourth-order valence-electron chi connectivity index (χ4n) is 2.10. The van der Waals surface area contributed by atoms with Crippen LogP contribution in [-0.4, -0.2) is 52.7 Å². The molecule has 0 aromatic carbocycles. The summed E-state index contributed by atoms with van der Waals surface area (Å²) in [6, 6.07) is 1.87. The van der Waals surface area contributed by atoms with Gasteiger partial charge in [0.15, 0.2) is 0 Å². The van der Waals surface area contributed by atoms with Gasteiger partial charge in [-0.15, -0.1) is 0 Å². The molecule has 22 heavy (non-hydrogen) atoms. The smallest absolute Gasteiger partial charge is 0.342 e. The van der Waals surface area contributed by atoms with E-state index < -0.39 is 11.5 Å². The third-order valence-corrected chi connectivity index (χ3v) is 3.63. The van der Waals surface area contributed by atoms with Gasteiger partial charge in [-0.05, 0) is 29.0 Å². The number of fused-ring (bicyclic) bond motifs is 1. The maximum atomic E-state index is 12.2. The van der Waals surface area contributed by atoms with Crippen LogP contribution in [-0.2, 0) is 11.3 Å². The molecule has 0 spiro atoms. The van der Waals surface area contributed by atoms with Crippen LogP contribution in [0.5, 0.6) is 0 Å². The molecule has 0 fully saturated rings. The van der Waals surface area contributed by atoms with Gasteiger partial charge in [-0.3, -0.25) is 14.1 Å². The molecule has 8 heteroatoms. The van der Waals surface area contributed by atoms with Crippen molar-refractivity contribution in [1.82, 2.24) is 14.3 Å². The van der Waals surface area contributed by atoms with Gasteiger partial charge < -0.3 is 9.84 Å². The molecule has 2 aromatic heterocycles. The molecule has 0 unspecified atom stereocenters. The van der Waals surface area contributed by atoms with E-state index in [2.05, 4.69) is 20.9 Å². The number of hydrogen-bond acceptors (Lipinski definition) is 5. The van der Waals surface area contributed by atoms with Gasteiger partial charge in [0.25, 0.3) is 5.56 Å². The summed E-state index contributed by atoms with van der Waals surface area (Å²) in [5.74, 6) is -1.29. The van der Waals surface area contributed by atoms with E-state index in [0.717, 1.165) is 18.3 Å². The molecule has 2 rings (SSSR count). The molecular weight excluding hydrogens is 354 g/mol. The monoisotopic (exact) mass is 369 g/mol. The number of aromatic carboxylic acids is 1. The summed E-state index contributed by atoms with van der Waals surface area (Å²) >= 11 is 3.34. The SMILES string of the molecule is COCCN(C)Cc1cc(Br)cn2c(=O)c(C(=O)O)cnc12. The zero-order chi connectivity index (χ0) is 16.3. The number of rotatable bonds is 6. The molecule has 2 heterocycles. The third kappa shape index (κ3) is 3.52. The lowest BCUT2D eigenvalue weighted by Gasteiger charge is -2.17. The Bertz CT molecular complexity index is 760. The number of likely N-dealkylation sites (N-methyl/N-ethyl adjacent to an activating group) is 1. The lowest BCUT2D eigenvalue weighted by molar-refractivity contribution is 0.0694. The molecule has 0 amide bonds. The third-order valence-electron chi connectivity index (χ3n) is 3.19. The van der Waals surface area contributed by atoms with E-state index in [1.807, 2.05) is 18.0 Å². The molecule has 0 bridgehead atoms. The van der Waals surface area contributed by atoms with Crippen molar-refractivity contribution in [3.05, 3.63) is 44.4 Å². The van der Waals surface area contributed by atoms with Gasteiger partial charge in [0.2, 0.25) is 0 Å². The summed E-state index contributed by atoms with van der Waals surface area (Å²) in [6.45, 7) is 1.89. The van der Waals surface area contributed by atoms with Crippen LogP contribution in [0.4, 0.5) is 0 Å². The van der Waals surface area contributed by atoms with Gasteiger partial charge in [0.05, 0.1) is 6.61 Å². The Hall–Kier alpha value is -1.77. The number of methoxy groups -OCH3 is 1. The van der Waals surface area contributed by atoms with Crippen LogP contribution in [0.15, 0.2) is 27.7 Å². The molecule has 0 saturated carbocycles. The van der Waals surface area contributed by atoms with Crippen molar-refractivity contribution in [3.8, 4) is 0 Å². The number of ether oxygens (including phenoxy) is 1. The zero-order valence-corrected chi connectivity index (χ0v) is 13.8. The van der Waals surface area contributed by atoms with Crippen molar-refractivity contribution >= 4 is 27.5 Å². The predicted molar refractivity (Wildman–Crippen MR) is 84.3 cm³/mol. The summed E-state index contributed by atoms with van der Waals surface area (Å²) in [7, 11) is 3.57. The average molecular weight is 370 g/mol. The number of carbonyl (C=O) groups is 1. The molecule has 0 aliphatic heterocycles. The van der Waals surface area contributed by atoms with E-state index >= 15 is 0 Å². The summed E-state index contributed by atoms with van der Waals surface area (Å²) in [6.07, 6.45) is 2.63. The Balaban J connectivity index is 2.49. The van der Waals surface area contributed by atoms with Gasteiger partial charge in [-0.1, -0.05) is 0 Å². The first-order valence-electron chi connectivity index (χ1n) is 6.54. The van der Waals surface area contributed by atoms with Crippen LogP contribution in [0.25, 0.3) is 5.65 Å². The molecular formula is C14H16BrN3O4. The molecule has 118 valence electrons. The maximum Gasteiger partial charge on any atom is 0.342 e. The Morgan fingerprint density at radius 2 is 2.27 bits per heavy atom. The maximum absolute atomic E-state index is 12.2. The van der Waals surface area contributed by atoms with Gasteiger partial charge >= 0.3 is 5.97 Å². The Kier molecular flexibility index (Phi) is 5.28. The second-order valence-corrected chi connectivity index (χ2v) is 5.81. The van der Waals surface area contributed by atoms with E-state index in [0.29, 0.717) is 23.3 Å². The number of nitrogens with zero attached hydrogens (tertiary/aromatic N) is 3. The van der Waals surface area contributed by atoms with Crippen molar-refractivity contribution in [2.75, 3.05) is 27.3 Å². The van der Waals surface area contributed by atoms with E-state index in [-0.39, 0.29) is 5.56 Å². The normalized spacial score (nSPS) is 11.3. The van der Waals surface area contributed by atoms with Crippen LogP contribution in [0.3, 0.4) is 0 Å². The predicted octanol–water partition coefficient (Wildman–Crippen LogP) is 1.23. The molecule has 0 radical (unpaired) electrons. The van der Waals surface area contributed by atoms with Gasteiger partial charge in [-0.25, -0.2) is 9.78 Å². The fourth-order valence-corrected chi connectivity index (χ4v) is 2.58. The minimum Gasteiger partial charge on any atom is -0.477 e. The van der Waals surface area contributed by atoms with E-state index in [1.165, 1.54) is 10.6 Å². The van der Waals surface area contributed by atoms with E-state index in [4.69, 9.17) is 9.84 Å². The first kappa shape index (κ1) is 16.6. The Morgan fingerprint density at radius 3 is 2.91 bits per heavy atom. The molecule has 0 aliphatic rings. The topological polar surface area (TPSA) is 84.1 Å². The fraction of sp³-hybridized carbons (Fsp3) is 0.357. The number of carboxylic acid groups (broad SMARTS) is 1. The highest BCUT2D eigenvalue weighted by molar-refractivity contribution is 9.10. The lowest BCUT2D eigenvalue weighted by Crippen LogP contribution is -2.26. The van der Waals surface area contributed by atoms with Crippen molar-refractivity contribution < 1.29 is 14.6 Å². The van der Waals surface area contributed by atoms with Gasteiger partial charge in [0, 0.05) is 42.6 Å². The van der Waals surface area contributed by atoms with Crippen molar-refractivity contribution in [2.24, 2.45) is 0 Å². The van der Waals surface area contributed by atoms with Crippen molar-refractivity contribution in [2.45, 2.75) is 6.54 Å². The van der Waals surface area contributed by atoms with Crippen molar-refractivity contribution in [1.29, 1.82) is 0 Å². The van der Waals surface area contributed by atoms with Crippen LogP contribution < -0.4 is 5.56 Å². The molecule has 0 aliphatic carbocycles. The number of pyridine rings is 1. The van der Waals surface area contributed by atoms with Gasteiger partial charge in [-0.2, -0.15) is 0 Å². The Labute approximate surface area is 135 Å². The minimum absolute atomic E-state index is 0.353. The highest BCUT2D eigenvalue weighted by Crippen LogP contribution is 2.17. The summed E-state index contributed by atoms with van der Waals surface area (Å²) in [5.41, 5.74) is 0.318. The largest absolute Gasteiger partial charge is 0.477 e. The highest BCUT2D eigenvalue weighted by Gasteiger charge is 2.15. The first-order valence-corrected chi connectivity index (χ1v) is 7.34. The van der Waals surface area contributed by atoms with E-state index in [9.17, 15) is 9.59 Å². The summed E-state index contributed by atoms with van der Waals surface area (Å²) < 4.78 is 6.97. The zero-order valence-electron chi connectivity index (χ0n) is 12.2. The van der Waals surface area contributed by atoms with Crippen LogP contribution >= 0.6 is 15.9 Å². The lowest BCUT2D eigenvalue weighted by atomic mass is 10.2. The van der Waals surface area contributed by atoms with Crippen molar-refractivity contribution in [3.63, 3.8) is 0 Å². The molecule has 0 saturated heterocycles. The first-order chi connectivity index (χ1) is 10.4. The minimum atomic E-state index is -1.29. The van der Waals surface area contributed by atoms with Crippen LogP contribution in [0.2, 0.25) is 0 Å². The molecule has 2 aromatic rings.